The van der Waals surface area contributed by atoms with Crippen LogP contribution in [-0.4, -0.2) is 80.4 Å². The van der Waals surface area contributed by atoms with Crippen LogP contribution < -0.4 is 10.2 Å². The number of nitro groups is 1. The van der Waals surface area contributed by atoms with E-state index in [0.29, 0.717) is 44.1 Å². The second kappa shape index (κ2) is 9.31. The Labute approximate surface area is 164 Å². The van der Waals surface area contributed by atoms with Crippen LogP contribution in [0.15, 0.2) is 18.2 Å². The zero-order valence-corrected chi connectivity index (χ0v) is 16.4. The molecule has 2 atom stereocenters. The van der Waals surface area contributed by atoms with Crippen molar-refractivity contribution in [3.63, 3.8) is 0 Å². The fourth-order valence-electron chi connectivity index (χ4n) is 3.78. The maximum Gasteiger partial charge on any atom is 0.293 e. The third-order valence-corrected chi connectivity index (χ3v) is 4.99. The van der Waals surface area contributed by atoms with Crippen LogP contribution in [-0.2, 0) is 9.47 Å². The van der Waals surface area contributed by atoms with E-state index in [1.165, 1.54) is 6.07 Å². The number of hydrogen-bond donors (Lipinski definition) is 1. The monoisotopic (exact) mass is 392 g/mol. The Hall–Kier alpha value is -2.23. The van der Waals surface area contributed by atoms with Gasteiger partial charge in [-0.2, -0.15) is 0 Å². The highest BCUT2D eigenvalue weighted by Gasteiger charge is 2.24. The van der Waals surface area contributed by atoms with Crippen LogP contribution in [0.2, 0.25) is 0 Å². The van der Waals surface area contributed by atoms with Crippen molar-refractivity contribution in [1.82, 2.24) is 10.2 Å². The van der Waals surface area contributed by atoms with E-state index < -0.39 is 4.92 Å². The molecule has 1 aromatic rings. The largest absolute Gasteiger partial charge is 0.378 e. The first-order chi connectivity index (χ1) is 13.4. The third-order valence-electron chi connectivity index (χ3n) is 4.99. The Kier molecular flexibility index (Phi) is 6.82. The van der Waals surface area contributed by atoms with Gasteiger partial charge in [0, 0.05) is 50.9 Å². The molecule has 28 heavy (non-hydrogen) atoms. The van der Waals surface area contributed by atoms with Gasteiger partial charge in [0.2, 0.25) is 0 Å². The average Bonchev–Trinajstić information content (AvgIpc) is 2.67. The van der Waals surface area contributed by atoms with Gasteiger partial charge in [0.05, 0.1) is 30.3 Å². The van der Waals surface area contributed by atoms with Crippen molar-refractivity contribution < 1.29 is 19.2 Å². The van der Waals surface area contributed by atoms with Gasteiger partial charge >= 0.3 is 0 Å². The minimum absolute atomic E-state index is 0.0506. The lowest BCUT2D eigenvalue weighted by Gasteiger charge is -2.35. The lowest BCUT2D eigenvalue weighted by molar-refractivity contribution is -0.384. The van der Waals surface area contributed by atoms with E-state index in [2.05, 4.69) is 10.2 Å². The summed E-state index contributed by atoms with van der Waals surface area (Å²) in [4.78, 5) is 27.7. The Balaban J connectivity index is 1.60. The van der Waals surface area contributed by atoms with Crippen molar-refractivity contribution in [2.75, 3.05) is 57.4 Å². The molecule has 9 heteroatoms. The molecule has 3 rings (SSSR count). The highest BCUT2D eigenvalue weighted by atomic mass is 16.6. The van der Waals surface area contributed by atoms with E-state index in [4.69, 9.17) is 9.47 Å². The SMILES string of the molecule is CC1CN(CCNC(=O)c2ccc(N3CCOCC3)c([N+](=O)[O-])c2)CC(C)O1. The summed E-state index contributed by atoms with van der Waals surface area (Å²) >= 11 is 0. The van der Waals surface area contributed by atoms with Crippen LogP contribution in [0.4, 0.5) is 11.4 Å². The zero-order chi connectivity index (χ0) is 20.1. The van der Waals surface area contributed by atoms with E-state index in [0.717, 1.165) is 19.6 Å². The van der Waals surface area contributed by atoms with Crippen molar-refractivity contribution in [2.45, 2.75) is 26.1 Å². The van der Waals surface area contributed by atoms with Gasteiger partial charge < -0.3 is 19.7 Å². The molecule has 0 bridgehead atoms. The number of hydrogen-bond acceptors (Lipinski definition) is 7. The Morgan fingerprint density at radius 2 is 1.93 bits per heavy atom. The molecular weight excluding hydrogens is 364 g/mol. The van der Waals surface area contributed by atoms with E-state index in [-0.39, 0.29) is 23.8 Å². The van der Waals surface area contributed by atoms with Gasteiger partial charge in [-0.1, -0.05) is 0 Å². The number of nitro benzene ring substituents is 1. The lowest BCUT2D eigenvalue weighted by Crippen LogP contribution is -2.47. The highest BCUT2D eigenvalue weighted by Crippen LogP contribution is 2.29. The normalized spacial score (nSPS) is 23.4. The number of amides is 1. The summed E-state index contributed by atoms with van der Waals surface area (Å²) in [5.41, 5.74) is 0.777. The standard InChI is InChI=1S/C19H28N4O5/c1-14-12-21(13-15(2)28-14)6-5-20-19(24)16-3-4-17(18(11-16)23(25)26)22-7-9-27-10-8-22/h3-4,11,14-15H,5-10,12-13H2,1-2H3,(H,20,24). The van der Waals surface area contributed by atoms with E-state index in [9.17, 15) is 14.9 Å². The van der Waals surface area contributed by atoms with Crippen LogP contribution in [0.5, 0.6) is 0 Å². The number of nitrogens with zero attached hydrogens (tertiary/aromatic N) is 3. The molecule has 1 N–H and O–H groups in total. The van der Waals surface area contributed by atoms with Gasteiger partial charge in [0.1, 0.15) is 5.69 Å². The molecule has 0 saturated carbocycles. The fourth-order valence-corrected chi connectivity index (χ4v) is 3.78. The molecule has 2 unspecified atom stereocenters. The van der Waals surface area contributed by atoms with Crippen LogP contribution in [0.1, 0.15) is 24.2 Å². The molecule has 1 aromatic carbocycles. The lowest BCUT2D eigenvalue weighted by atomic mass is 10.1. The van der Waals surface area contributed by atoms with Crippen LogP contribution in [0, 0.1) is 10.1 Å². The topological polar surface area (TPSA) is 97.2 Å². The predicted octanol–water partition coefficient (Wildman–Crippen LogP) is 1.27. The molecule has 0 aliphatic carbocycles. The molecule has 2 saturated heterocycles. The van der Waals surface area contributed by atoms with Gasteiger partial charge in [-0.05, 0) is 26.0 Å². The van der Waals surface area contributed by atoms with Gasteiger partial charge in [-0.25, -0.2) is 0 Å². The molecular formula is C19H28N4O5. The van der Waals surface area contributed by atoms with Gasteiger partial charge in [0.25, 0.3) is 11.6 Å². The molecule has 0 radical (unpaired) electrons. The van der Waals surface area contributed by atoms with Crippen molar-refractivity contribution in [3.8, 4) is 0 Å². The number of rotatable bonds is 6. The molecule has 2 aliphatic heterocycles. The summed E-state index contributed by atoms with van der Waals surface area (Å²) in [6, 6.07) is 4.66. The van der Waals surface area contributed by atoms with Crippen molar-refractivity contribution >= 4 is 17.3 Å². The van der Waals surface area contributed by atoms with Gasteiger partial charge in [-0.3, -0.25) is 19.8 Å². The smallest absolute Gasteiger partial charge is 0.293 e. The number of anilines is 1. The first-order valence-corrected chi connectivity index (χ1v) is 9.71. The Morgan fingerprint density at radius 1 is 1.25 bits per heavy atom. The minimum atomic E-state index is -0.432. The summed E-state index contributed by atoms with van der Waals surface area (Å²) < 4.78 is 11.0. The van der Waals surface area contributed by atoms with E-state index in [1.54, 1.807) is 12.1 Å². The Bertz CT molecular complexity index is 698. The average molecular weight is 392 g/mol. The van der Waals surface area contributed by atoms with Crippen LogP contribution >= 0.6 is 0 Å². The van der Waals surface area contributed by atoms with Gasteiger partial charge in [-0.15, -0.1) is 0 Å². The molecule has 2 heterocycles. The quantitative estimate of drug-likeness (QED) is 0.575. The summed E-state index contributed by atoms with van der Waals surface area (Å²) in [6.07, 6.45) is 0.352. The van der Waals surface area contributed by atoms with E-state index >= 15 is 0 Å². The number of carbonyl (C=O) groups is 1. The molecule has 0 spiro atoms. The third kappa shape index (κ3) is 5.18. The summed E-state index contributed by atoms with van der Waals surface area (Å²) in [5.74, 6) is -0.300. The number of nitrogens with one attached hydrogen (secondary N) is 1. The first-order valence-electron chi connectivity index (χ1n) is 9.71. The highest BCUT2D eigenvalue weighted by molar-refractivity contribution is 5.95. The number of morpholine rings is 2. The van der Waals surface area contributed by atoms with Crippen LogP contribution in [0.3, 0.4) is 0 Å². The number of benzene rings is 1. The molecule has 9 nitrogen and oxygen atoms in total. The van der Waals surface area contributed by atoms with Gasteiger partial charge in [0.15, 0.2) is 0 Å². The minimum Gasteiger partial charge on any atom is -0.378 e. The number of ether oxygens (including phenoxy) is 2. The predicted molar refractivity (Wildman–Crippen MR) is 105 cm³/mol. The maximum absolute atomic E-state index is 12.5. The van der Waals surface area contributed by atoms with Crippen molar-refractivity contribution in [1.29, 1.82) is 0 Å². The molecule has 0 aromatic heterocycles. The maximum atomic E-state index is 12.5. The van der Waals surface area contributed by atoms with Crippen LogP contribution in [0.25, 0.3) is 0 Å². The second-order valence-electron chi connectivity index (χ2n) is 7.33. The fraction of sp³-hybridized carbons (Fsp3) is 0.632. The number of carbonyl (C=O) groups excluding carboxylic acids is 1. The molecule has 2 aliphatic rings. The van der Waals surface area contributed by atoms with E-state index in [1.807, 2.05) is 18.7 Å². The summed E-state index contributed by atoms with van der Waals surface area (Å²) in [6.45, 7) is 9.23. The summed E-state index contributed by atoms with van der Waals surface area (Å²) in [5, 5.41) is 14.4. The summed E-state index contributed by atoms with van der Waals surface area (Å²) in [7, 11) is 0. The van der Waals surface area contributed by atoms with Crippen molar-refractivity contribution in [3.05, 3.63) is 33.9 Å². The Morgan fingerprint density at radius 3 is 2.57 bits per heavy atom. The molecule has 154 valence electrons. The van der Waals surface area contributed by atoms with Crippen molar-refractivity contribution in [2.24, 2.45) is 0 Å². The first kappa shape index (κ1) is 20.5. The second-order valence-corrected chi connectivity index (χ2v) is 7.33. The molecule has 1 amide bonds. The zero-order valence-electron chi connectivity index (χ0n) is 16.4. The molecule has 2 fully saturated rings.